The number of halogens is 1. The van der Waals surface area contributed by atoms with Gasteiger partial charge >= 0.3 is 0 Å². The first-order chi connectivity index (χ1) is 11.5. The van der Waals surface area contributed by atoms with Gasteiger partial charge in [-0.2, -0.15) is 5.26 Å². The first-order valence-electron chi connectivity index (χ1n) is 8.96. The van der Waals surface area contributed by atoms with Crippen LogP contribution in [0.5, 0.6) is 5.75 Å². The summed E-state index contributed by atoms with van der Waals surface area (Å²) in [5.74, 6) is 0.600. The molecule has 24 heavy (non-hydrogen) atoms. The third kappa shape index (κ3) is 1.90. The number of carbonyl (C=O) groups is 1. The number of phenolic OH excluding ortho intramolecular Hbond substituents is 1. The van der Waals surface area contributed by atoms with E-state index in [0.717, 1.165) is 43.2 Å². The number of phenols is 1. The predicted octanol–water partition coefficient (Wildman–Crippen LogP) is 4.03. The van der Waals surface area contributed by atoms with Gasteiger partial charge in [0.05, 0.1) is 5.56 Å². The summed E-state index contributed by atoms with van der Waals surface area (Å²) < 4.78 is 14.3. The van der Waals surface area contributed by atoms with Gasteiger partial charge in [0, 0.05) is 5.41 Å². The molecule has 2 fully saturated rings. The van der Waals surface area contributed by atoms with Crippen LogP contribution >= 0.6 is 0 Å². The minimum absolute atomic E-state index is 0.0493. The number of nitrogens with zero attached hydrogens (tertiary/aromatic N) is 1. The Morgan fingerprint density at radius 3 is 2.92 bits per heavy atom. The second kappa shape index (κ2) is 5.31. The van der Waals surface area contributed by atoms with Gasteiger partial charge in [-0.25, -0.2) is 4.39 Å². The van der Waals surface area contributed by atoms with Gasteiger partial charge in [-0.15, -0.1) is 0 Å². The van der Waals surface area contributed by atoms with Gasteiger partial charge in [-0.05, 0) is 79.5 Å². The van der Waals surface area contributed by atoms with Crippen molar-refractivity contribution < 1.29 is 14.3 Å². The minimum Gasteiger partial charge on any atom is -0.507 e. The van der Waals surface area contributed by atoms with Crippen molar-refractivity contribution in [3.05, 3.63) is 28.8 Å². The second-order valence-electron chi connectivity index (χ2n) is 7.71. The molecular formula is C20H22FNO2. The molecule has 0 unspecified atom stereocenters. The van der Waals surface area contributed by atoms with E-state index in [1.807, 2.05) is 13.0 Å². The molecule has 0 aliphatic heterocycles. The lowest BCUT2D eigenvalue weighted by molar-refractivity contribution is -0.134. The van der Waals surface area contributed by atoms with Crippen LogP contribution < -0.4 is 0 Å². The van der Waals surface area contributed by atoms with E-state index in [9.17, 15) is 19.6 Å². The molecule has 5 atom stereocenters. The summed E-state index contributed by atoms with van der Waals surface area (Å²) in [6.45, 7) is 2.02. The summed E-state index contributed by atoms with van der Waals surface area (Å²) >= 11 is 0. The Morgan fingerprint density at radius 1 is 1.42 bits per heavy atom. The van der Waals surface area contributed by atoms with Gasteiger partial charge in [0.25, 0.3) is 0 Å². The van der Waals surface area contributed by atoms with E-state index >= 15 is 0 Å². The highest BCUT2D eigenvalue weighted by Crippen LogP contribution is 2.61. The average molecular weight is 327 g/mol. The first kappa shape index (κ1) is 15.6. The van der Waals surface area contributed by atoms with E-state index < -0.39 is 11.6 Å². The highest BCUT2D eigenvalue weighted by molar-refractivity contribution is 5.91. The van der Waals surface area contributed by atoms with Crippen molar-refractivity contribution in [3.63, 3.8) is 0 Å². The summed E-state index contributed by atoms with van der Waals surface area (Å²) in [5.41, 5.74) is 2.10. The molecule has 126 valence electrons. The summed E-state index contributed by atoms with van der Waals surface area (Å²) in [5, 5.41) is 19.2. The number of ketones is 1. The molecule has 4 heteroatoms. The van der Waals surface area contributed by atoms with E-state index in [1.54, 1.807) is 6.07 Å². The van der Waals surface area contributed by atoms with Crippen molar-refractivity contribution >= 4 is 5.78 Å². The molecule has 1 aromatic rings. The zero-order chi connectivity index (χ0) is 17.1. The summed E-state index contributed by atoms with van der Waals surface area (Å²) in [7, 11) is 0. The number of hydrogen-bond acceptors (Lipinski definition) is 3. The Labute approximate surface area is 141 Å². The number of carbonyl (C=O) groups excluding carboxylic acids is 1. The smallest absolute Gasteiger partial charge is 0.173 e. The molecule has 3 aliphatic carbocycles. The van der Waals surface area contributed by atoms with E-state index in [2.05, 4.69) is 6.07 Å². The molecule has 1 aromatic carbocycles. The standard InChI is InChI=1S/C20H22FNO2/c1-2-20-6-5-13-14(16(20)9-17(21)19(20)24)4-3-11-8-18(23)12(10-22)7-15(11)13/h7-8,13-14,16-17,23H,2-6,9H2,1H3/t13-,14+,16-,17+,20-/m0/s1. The fourth-order valence-corrected chi connectivity index (χ4v) is 5.87. The van der Waals surface area contributed by atoms with Crippen LogP contribution in [0.15, 0.2) is 12.1 Å². The summed E-state index contributed by atoms with van der Waals surface area (Å²) in [6, 6.07) is 5.61. The van der Waals surface area contributed by atoms with Crippen molar-refractivity contribution in [2.24, 2.45) is 17.3 Å². The molecule has 0 bridgehead atoms. The SMILES string of the molecule is CC[C@]12CC[C@@H]3c4cc(C#N)c(O)cc4CC[C@H]3[C@@H]1C[C@@H](F)C2=O. The van der Waals surface area contributed by atoms with Crippen molar-refractivity contribution in [1.82, 2.24) is 0 Å². The molecule has 0 aromatic heterocycles. The highest BCUT2D eigenvalue weighted by atomic mass is 19.1. The predicted molar refractivity (Wildman–Crippen MR) is 87.3 cm³/mol. The van der Waals surface area contributed by atoms with Gasteiger partial charge < -0.3 is 5.11 Å². The van der Waals surface area contributed by atoms with E-state index in [0.29, 0.717) is 17.9 Å². The number of Topliss-reactive ketones (excluding diaryl/α,β-unsaturated/α-hetero) is 1. The Kier molecular flexibility index (Phi) is 3.46. The van der Waals surface area contributed by atoms with Crippen molar-refractivity contribution in [3.8, 4) is 11.8 Å². The maximum Gasteiger partial charge on any atom is 0.173 e. The minimum atomic E-state index is -1.30. The van der Waals surface area contributed by atoms with Gasteiger partial charge in [0.2, 0.25) is 0 Å². The number of rotatable bonds is 1. The molecule has 1 N–H and O–H groups in total. The Morgan fingerprint density at radius 2 is 2.21 bits per heavy atom. The van der Waals surface area contributed by atoms with Crippen LogP contribution in [0.2, 0.25) is 0 Å². The van der Waals surface area contributed by atoms with Gasteiger partial charge in [0.1, 0.15) is 11.8 Å². The van der Waals surface area contributed by atoms with Gasteiger partial charge in [-0.3, -0.25) is 4.79 Å². The lowest BCUT2D eigenvalue weighted by Crippen LogP contribution is -2.44. The molecule has 0 amide bonds. The molecule has 0 spiro atoms. The number of aromatic hydroxyl groups is 1. The maximum absolute atomic E-state index is 14.3. The number of fused-ring (bicyclic) bond motifs is 5. The van der Waals surface area contributed by atoms with Crippen LogP contribution in [0, 0.1) is 28.6 Å². The largest absolute Gasteiger partial charge is 0.507 e. The average Bonchev–Trinajstić information content (AvgIpc) is 2.85. The molecule has 3 aliphatic rings. The van der Waals surface area contributed by atoms with Crippen LogP contribution in [-0.2, 0) is 11.2 Å². The van der Waals surface area contributed by atoms with E-state index in [1.165, 1.54) is 0 Å². The molecule has 0 heterocycles. The van der Waals surface area contributed by atoms with Gasteiger partial charge in [-0.1, -0.05) is 6.92 Å². The molecule has 0 radical (unpaired) electrons. The number of aryl methyl sites for hydroxylation is 1. The summed E-state index contributed by atoms with van der Waals surface area (Å²) in [4.78, 5) is 12.5. The molecule has 2 saturated carbocycles. The quantitative estimate of drug-likeness (QED) is 0.847. The monoisotopic (exact) mass is 327 g/mol. The van der Waals surface area contributed by atoms with Crippen LogP contribution in [0.25, 0.3) is 0 Å². The van der Waals surface area contributed by atoms with Crippen LogP contribution in [0.1, 0.15) is 61.6 Å². The fraction of sp³-hybridized carbons (Fsp3) is 0.600. The molecular weight excluding hydrogens is 305 g/mol. The fourth-order valence-electron chi connectivity index (χ4n) is 5.87. The maximum atomic E-state index is 14.3. The number of alkyl halides is 1. The van der Waals surface area contributed by atoms with Crippen molar-refractivity contribution in [2.45, 2.75) is 57.5 Å². The van der Waals surface area contributed by atoms with Crippen LogP contribution in [0.3, 0.4) is 0 Å². The van der Waals surface area contributed by atoms with Crippen LogP contribution in [0.4, 0.5) is 4.39 Å². The van der Waals surface area contributed by atoms with Crippen molar-refractivity contribution in [2.75, 3.05) is 0 Å². The van der Waals surface area contributed by atoms with Gasteiger partial charge in [0.15, 0.2) is 12.0 Å². The Hall–Kier alpha value is -1.89. The number of nitriles is 1. The zero-order valence-electron chi connectivity index (χ0n) is 13.9. The Bertz CT molecular complexity index is 753. The zero-order valence-corrected chi connectivity index (χ0v) is 13.9. The molecule has 3 nitrogen and oxygen atoms in total. The highest BCUT2D eigenvalue weighted by Gasteiger charge is 2.60. The van der Waals surface area contributed by atoms with Crippen LogP contribution in [-0.4, -0.2) is 17.1 Å². The molecule has 0 saturated heterocycles. The number of benzene rings is 1. The second-order valence-corrected chi connectivity index (χ2v) is 7.71. The lowest BCUT2D eigenvalue weighted by atomic mass is 9.54. The lowest BCUT2D eigenvalue weighted by Gasteiger charge is -2.49. The first-order valence-corrected chi connectivity index (χ1v) is 8.96. The third-order valence-electron chi connectivity index (χ3n) is 7.04. The molecule has 4 rings (SSSR count). The van der Waals surface area contributed by atoms with E-state index in [4.69, 9.17) is 0 Å². The number of hydrogen-bond donors (Lipinski definition) is 1. The third-order valence-corrected chi connectivity index (χ3v) is 7.04. The van der Waals surface area contributed by atoms with E-state index in [-0.39, 0.29) is 23.4 Å². The summed E-state index contributed by atoms with van der Waals surface area (Å²) in [6.07, 6.45) is 3.18. The normalized spacial score (nSPS) is 37.3. The van der Waals surface area contributed by atoms with Crippen molar-refractivity contribution in [1.29, 1.82) is 5.26 Å². The topological polar surface area (TPSA) is 61.1 Å². The Balaban J connectivity index is 1.76.